The zero-order chi connectivity index (χ0) is 16.9. The van der Waals surface area contributed by atoms with E-state index in [0.29, 0.717) is 29.2 Å². The average molecular weight is 349 g/mol. The van der Waals surface area contributed by atoms with E-state index in [9.17, 15) is 13.6 Å². The molecule has 124 valence electrons. The second-order valence-corrected chi connectivity index (χ2v) is 6.71. The molecule has 2 heterocycles. The number of carbonyl (C=O) groups excluding carboxylic acids is 1. The number of halogens is 3. The number of fused-ring (bicyclic) bond motifs is 2. The molecule has 0 bridgehead atoms. The van der Waals surface area contributed by atoms with Crippen LogP contribution >= 0.6 is 11.6 Å². The molecule has 2 aromatic carbocycles. The number of hydrogen-bond donors (Lipinski definition) is 2. The number of carbonyl (C=O) groups is 1. The highest BCUT2D eigenvalue weighted by atomic mass is 35.5. The predicted molar refractivity (Wildman–Crippen MR) is 88.1 cm³/mol. The smallest absolute Gasteiger partial charge is 0.237 e. The molecule has 0 aromatic heterocycles. The maximum Gasteiger partial charge on any atom is 0.237 e. The second-order valence-electron chi connectivity index (χ2n) is 6.27. The fourth-order valence-corrected chi connectivity index (χ4v) is 4.12. The van der Waals surface area contributed by atoms with E-state index in [2.05, 4.69) is 10.6 Å². The van der Waals surface area contributed by atoms with Crippen molar-refractivity contribution in [1.82, 2.24) is 5.32 Å². The van der Waals surface area contributed by atoms with Gasteiger partial charge in [-0.3, -0.25) is 4.79 Å². The van der Waals surface area contributed by atoms with E-state index in [-0.39, 0.29) is 5.91 Å². The van der Waals surface area contributed by atoms with Crippen molar-refractivity contribution >= 4 is 23.2 Å². The molecule has 2 N–H and O–H groups in total. The van der Waals surface area contributed by atoms with E-state index >= 15 is 0 Å². The van der Waals surface area contributed by atoms with Crippen LogP contribution in [0.2, 0.25) is 5.02 Å². The molecule has 1 spiro atoms. The fourth-order valence-electron chi connectivity index (χ4n) is 3.94. The lowest BCUT2D eigenvalue weighted by molar-refractivity contribution is -0.123. The van der Waals surface area contributed by atoms with Gasteiger partial charge in [0.2, 0.25) is 5.91 Å². The summed E-state index contributed by atoms with van der Waals surface area (Å²) in [6.45, 7) is 0.666. The molecule has 0 aliphatic carbocycles. The van der Waals surface area contributed by atoms with Crippen molar-refractivity contribution in [2.24, 2.45) is 0 Å². The first-order valence-electron chi connectivity index (χ1n) is 7.82. The van der Waals surface area contributed by atoms with E-state index in [1.807, 2.05) is 6.07 Å². The summed E-state index contributed by atoms with van der Waals surface area (Å²) >= 11 is 6.03. The van der Waals surface area contributed by atoms with Crippen LogP contribution in [-0.4, -0.2) is 12.5 Å². The summed E-state index contributed by atoms with van der Waals surface area (Å²) in [4.78, 5) is 12.9. The maximum absolute atomic E-state index is 14.4. The lowest BCUT2D eigenvalue weighted by atomic mass is 9.67. The third-order valence-corrected chi connectivity index (χ3v) is 5.21. The van der Waals surface area contributed by atoms with E-state index < -0.39 is 23.1 Å². The van der Waals surface area contributed by atoms with Crippen LogP contribution in [0.25, 0.3) is 0 Å². The molecular weight excluding hydrogens is 334 g/mol. The molecule has 0 saturated carbocycles. The standard InChI is InChI=1S/C18H15ClF2N2O/c19-10-2-5-13-15(8-10)23-17(24)18(13)6-1-7-22-16(18)12-4-3-11(20)9-14(12)21/h2-5,8-9,16,22H,1,6-7H2,(H,23,24)/t16-,18-/m1/s1. The normalized spacial score (nSPS) is 25.6. The number of nitrogens with one attached hydrogen (secondary N) is 2. The third kappa shape index (κ3) is 2.15. The van der Waals surface area contributed by atoms with Crippen LogP contribution in [0, 0.1) is 11.6 Å². The predicted octanol–water partition coefficient (Wildman–Crippen LogP) is 3.93. The molecule has 1 fully saturated rings. The molecule has 0 radical (unpaired) electrons. The van der Waals surface area contributed by atoms with Gasteiger partial charge < -0.3 is 10.6 Å². The fraction of sp³-hybridized carbons (Fsp3) is 0.278. The van der Waals surface area contributed by atoms with Gasteiger partial charge in [0.1, 0.15) is 11.6 Å². The van der Waals surface area contributed by atoms with Crippen LogP contribution in [-0.2, 0) is 10.2 Å². The Morgan fingerprint density at radius 2 is 2.00 bits per heavy atom. The minimum Gasteiger partial charge on any atom is -0.325 e. The summed E-state index contributed by atoms with van der Waals surface area (Å²) in [6.07, 6.45) is 1.37. The molecule has 2 atom stereocenters. The van der Waals surface area contributed by atoms with Gasteiger partial charge in [-0.25, -0.2) is 8.78 Å². The first kappa shape index (κ1) is 15.5. The minimum absolute atomic E-state index is 0.180. The highest BCUT2D eigenvalue weighted by Gasteiger charge is 2.54. The largest absolute Gasteiger partial charge is 0.325 e. The van der Waals surface area contributed by atoms with E-state index in [0.717, 1.165) is 18.1 Å². The number of rotatable bonds is 1. The number of anilines is 1. The van der Waals surface area contributed by atoms with Crippen molar-refractivity contribution in [3.05, 3.63) is 64.2 Å². The maximum atomic E-state index is 14.4. The summed E-state index contributed by atoms with van der Waals surface area (Å²) in [5.41, 5.74) is 0.840. The van der Waals surface area contributed by atoms with Gasteiger partial charge in [0.25, 0.3) is 0 Å². The highest BCUT2D eigenvalue weighted by Crippen LogP contribution is 2.51. The van der Waals surface area contributed by atoms with Gasteiger partial charge in [0.15, 0.2) is 0 Å². The first-order valence-corrected chi connectivity index (χ1v) is 8.20. The van der Waals surface area contributed by atoms with Gasteiger partial charge in [0, 0.05) is 22.3 Å². The van der Waals surface area contributed by atoms with E-state index in [1.165, 1.54) is 12.1 Å². The molecule has 6 heteroatoms. The van der Waals surface area contributed by atoms with E-state index in [4.69, 9.17) is 11.6 Å². The van der Waals surface area contributed by atoms with Crippen molar-refractivity contribution < 1.29 is 13.6 Å². The zero-order valence-electron chi connectivity index (χ0n) is 12.7. The topological polar surface area (TPSA) is 41.1 Å². The van der Waals surface area contributed by atoms with Crippen molar-refractivity contribution in [3.8, 4) is 0 Å². The number of benzene rings is 2. The molecular formula is C18H15ClF2N2O. The average Bonchev–Trinajstić information content (AvgIpc) is 2.80. The Balaban J connectivity index is 1.90. The summed E-state index contributed by atoms with van der Waals surface area (Å²) in [5.74, 6) is -1.46. The third-order valence-electron chi connectivity index (χ3n) is 4.98. The number of amides is 1. The molecule has 1 amide bonds. The van der Waals surface area contributed by atoms with Crippen LogP contribution in [0.1, 0.15) is 30.0 Å². The monoisotopic (exact) mass is 348 g/mol. The van der Waals surface area contributed by atoms with Gasteiger partial charge in [-0.15, -0.1) is 0 Å². The number of hydrogen-bond acceptors (Lipinski definition) is 2. The van der Waals surface area contributed by atoms with Crippen molar-refractivity contribution in [1.29, 1.82) is 0 Å². The molecule has 1 saturated heterocycles. The molecule has 2 aliphatic heterocycles. The molecule has 3 nitrogen and oxygen atoms in total. The summed E-state index contributed by atoms with van der Waals surface area (Å²) in [5, 5.41) is 6.65. The Labute approximate surface area is 143 Å². The van der Waals surface area contributed by atoms with Crippen LogP contribution in [0.3, 0.4) is 0 Å². The number of piperidine rings is 1. The molecule has 4 rings (SSSR count). The Bertz CT molecular complexity index is 842. The van der Waals surface area contributed by atoms with Gasteiger partial charge in [-0.05, 0) is 43.1 Å². The van der Waals surface area contributed by atoms with Crippen molar-refractivity contribution in [3.63, 3.8) is 0 Å². The lowest BCUT2D eigenvalue weighted by Gasteiger charge is -2.41. The minimum atomic E-state index is -0.920. The van der Waals surface area contributed by atoms with Crippen molar-refractivity contribution in [2.45, 2.75) is 24.3 Å². The Hall–Kier alpha value is -1.98. The Kier molecular flexibility index (Phi) is 3.58. The van der Waals surface area contributed by atoms with Gasteiger partial charge >= 0.3 is 0 Å². The molecule has 24 heavy (non-hydrogen) atoms. The van der Waals surface area contributed by atoms with Gasteiger partial charge in [-0.2, -0.15) is 0 Å². The molecule has 0 unspecified atom stereocenters. The lowest BCUT2D eigenvalue weighted by Crippen LogP contribution is -2.50. The first-order chi connectivity index (χ1) is 11.5. The van der Waals surface area contributed by atoms with E-state index in [1.54, 1.807) is 12.1 Å². The second kappa shape index (κ2) is 5.53. The summed E-state index contributed by atoms with van der Waals surface area (Å²) in [7, 11) is 0. The Morgan fingerprint density at radius 1 is 1.17 bits per heavy atom. The van der Waals surface area contributed by atoms with Gasteiger partial charge in [-0.1, -0.05) is 23.7 Å². The quantitative estimate of drug-likeness (QED) is 0.819. The van der Waals surface area contributed by atoms with Crippen LogP contribution in [0.15, 0.2) is 36.4 Å². The summed E-state index contributed by atoms with van der Waals surface area (Å²) in [6, 6.07) is 8.18. The molecule has 2 aromatic rings. The summed E-state index contributed by atoms with van der Waals surface area (Å²) < 4.78 is 27.7. The molecule has 2 aliphatic rings. The van der Waals surface area contributed by atoms with Crippen LogP contribution in [0.4, 0.5) is 14.5 Å². The van der Waals surface area contributed by atoms with Gasteiger partial charge in [0.05, 0.1) is 11.5 Å². The van der Waals surface area contributed by atoms with Crippen LogP contribution < -0.4 is 10.6 Å². The zero-order valence-corrected chi connectivity index (χ0v) is 13.5. The Morgan fingerprint density at radius 3 is 2.79 bits per heavy atom. The van der Waals surface area contributed by atoms with Crippen LogP contribution in [0.5, 0.6) is 0 Å². The van der Waals surface area contributed by atoms with Crippen molar-refractivity contribution in [2.75, 3.05) is 11.9 Å². The SMILES string of the molecule is O=C1Nc2cc(Cl)ccc2[C@@]12CCCN[C@@H]2c1ccc(F)cc1F. The highest BCUT2D eigenvalue weighted by molar-refractivity contribution is 6.31.